The summed E-state index contributed by atoms with van der Waals surface area (Å²) in [5.41, 5.74) is 14.2. The van der Waals surface area contributed by atoms with E-state index < -0.39 is 0 Å². The van der Waals surface area contributed by atoms with E-state index in [1.54, 1.807) is 0 Å². The fourth-order valence-electron chi connectivity index (χ4n) is 8.03. The molecule has 53 heavy (non-hydrogen) atoms. The Morgan fingerprint density at radius 1 is 0.283 bits per heavy atom. The Kier molecular flexibility index (Phi) is 6.52. The molecule has 0 aliphatic heterocycles. The molecule has 1 aliphatic carbocycles. The van der Waals surface area contributed by atoms with Crippen LogP contribution in [0.2, 0.25) is 0 Å². The molecule has 4 nitrogen and oxygen atoms in total. The lowest BCUT2D eigenvalue weighted by atomic mass is 9.92. The van der Waals surface area contributed by atoms with Gasteiger partial charge in [-0.2, -0.15) is 0 Å². The van der Waals surface area contributed by atoms with E-state index in [2.05, 4.69) is 121 Å². The molecule has 246 valence electrons. The summed E-state index contributed by atoms with van der Waals surface area (Å²) in [6.45, 7) is 0. The molecule has 2 aromatic heterocycles. The summed E-state index contributed by atoms with van der Waals surface area (Å²) in [6, 6.07) is 61.7. The van der Waals surface area contributed by atoms with Gasteiger partial charge in [0, 0.05) is 27.5 Å². The van der Waals surface area contributed by atoms with Gasteiger partial charge in [-0.3, -0.25) is 0 Å². The zero-order valence-corrected chi connectivity index (χ0v) is 28.5. The van der Waals surface area contributed by atoms with E-state index in [-0.39, 0.29) is 0 Å². The molecular weight excluding hydrogens is 647 g/mol. The highest BCUT2D eigenvalue weighted by Crippen LogP contribution is 2.50. The van der Waals surface area contributed by atoms with Crippen LogP contribution in [0.1, 0.15) is 0 Å². The Bertz CT molecular complexity index is 3060. The molecule has 0 saturated heterocycles. The molecule has 1 aliphatic rings. The molecule has 4 heteroatoms. The summed E-state index contributed by atoms with van der Waals surface area (Å²) in [4.78, 5) is 15.3. The SMILES string of the molecule is c1ccc(-c2nc(-c3ccc4c(c3)oc3ccccc34)nc(-c3ccc4c5c(cccc35)-c3cc(-c5ccccc5-c5ccccc5)ccc3-4)n2)cc1. The third-order valence-corrected chi connectivity index (χ3v) is 10.5. The van der Waals surface area contributed by atoms with Crippen LogP contribution in [-0.2, 0) is 0 Å². The van der Waals surface area contributed by atoms with Crippen molar-refractivity contribution < 1.29 is 4.42 Å². The molecule has 0 fully saturated rings. The maximum absolute atomic E-state index is 6.26. The van der Waals surface area contributed by atoms with E-state index in [0.717, 1.165) is 44.0 Å². The van der Waals surface area contributed by atoms with Crippen LogP contribution in [0.5, 0.6) is 0 Å². The molecule has 10 aromatic rings. The molecule has 0 atom stereocenters. The predicted molar refractivity (Wildman–Crippen MR) is 216 cm³/mol. The first-order valence-electron chi connectivity index (χ1n) is 17.9. The molecule has 11 rings (SSSR count). The van der Waals surface area contributed by atoms with Crippen LogP contribution in [0, 0.1) is 0 Å². The molecular formula is C49H29N3O. The highest BCUT2D eigenvalue weighted by atomic mass is 16.3. The van der Waals surface area contributed by atoms with Crippen molar-refractivity contribution in [3.8, 4) is 78.7 Å². The van der Waals surface area contributed by atoms with E-state index >= 15 is 0 Å². The van der Waals surface area contributed by atoms with Crippen molar-refractivity contribution in [2.45, 2.75) is 0 Å². The van der Waals surface area contributed by atoms with Crippen LogP contribution in [0.3, 0.4) is 0 Å². The van der Waals surface area contributed by atoms with Crippen molar-refractivity contribution in [2.75, 3.05) is 0 Å². The van der Waals surface area contributed by atoms with Crippen LogP contribution < -0.4 is 0 Å². The number of hydrogen-bond acceptors (Lipinski definition) is 4. The van der Waals surface area contributed by atoms with E-state index in [1.165, 1.54) is 49.9 Å². The minimum absolute atomic E-state index is 0.601. The average molecular weight is 676 g/mol. The third-order valence-electron chi connectivity index (χ3n) is 10.5. The summed E-state index contributed by atoms with van der Waals surface area (Å²) in [5, 5.41) is 4.50. The van der Waals surface area contributed by atoms with Gasteiger partial charge in [-0.1, -0.05) is 146 Å². The van der Waals surface area contributed by atoms with Crippen molar-refractivity contribution in [3.63, 3.8) is 0 Å². The van der Waals surface area contributed by atoms with Gasteiger partial charge >= 0.3 is 0 Å². The zero-order chi connectivity index (χ0) is 34.9. The second kappa shape index (κ2) is 11.7. The fourth-order valence-corrected chi connectivity index (χ4v) is 8.03. The maximum Gasteiger partial charge on any atom is 0.164 e. The van der Waals surface area contributed by atoms with E-state index in [1.807, 2.05) is 54.6 Å². The Hall–Kier alpha value is -7.17. The highest BCUT2D eigenvalue weighted by molar-refractivity contribution is 6.19. The second-order valence-electron chi connectivity index (χ2n) is 13.5. The predicted octanol–water partition coefficient (Wildman–Crippen LogP) is 12.9. The minimum atomic E-state index is 0.601. The largest absolute Gasteiger partial charge is 0.456 e. The van der Waals surface area contributed by atoms with Crippen molar-refractivity contribution in [1.82, 2.24) is 15.0 Å². The summed E-state index contributed by atoms with van der Waals surface area (Å²) in [5.74, 6) is 1.86. The molecule has 0 unspecified atom stereocenters. The number of furan rings is 1. The maximum atomic E-state index is 6.26. The summed E-state index contributed by atoms with van der Waals surface area (Å²) in [7, 11) is 0. The number of nitrogens with zero attached hydrogens (tertiary/aromatic N) is 3. The number of para-hydroxylation sites is 1. The molecule has 0 bridgehead atoms. The molecule has 2 heterocycles. The summed E-state index contributed by atoms with van der Waals surface area (Å²) < 4.78 is 6.26. The van der Waals surface area contributed by atoms with Gasteiger partial charge in [-0.25, -0.2) is 15.0 Å². The van der Waals surface area contributed by atoms with Crippen LogP contribution in [-0.4, -0.2) is 15.0 Å². The molecule has 8 aromatic carbocycles. The highest BCUT2D eigenvalue weighted by Gasteiger charge is 2.25. The van der Waals surface area contributed by atoms with Gasteiger partial charge in [0.05, 0.1) is 0 Å². The smallest absolute Gasteiger partial charge is 0.164 e. The molecule has 0 radical (unpaired) electrons. The van der Waals surface area contributed by atoms with Crippen LogP contribution in [0.25, 0.3) is 111 Å². The van der Waals surface area contributed by atoms with Gasteiger partial charge in [0.25, 0.3) is 0 Å². The zero-order valence-electron chi connectivity index (χ0n) is 28.5. The topological polar surface area (TPSA) is 51.8 Å². The standard InChI is InChI=1S/C49H29N3O/c1-3-12-30(13-4-1)34-16-7-8-17-35(34)32-22-24-36-41-26-27-42(39-19-11-20-40(46(39)41)43(36)28-32)49-51-47(31-14-5-2-6-15-31)50-48(52-49)33-23-25-38-37-18-9-10-21-44(37)53-45(38)29-33/h1-29H. The Morgan fingerprint density at radius 3 is 1.68 bits per heavy atom. The van der Waals surface area contributed by atoms with Gasteiger partial charge in [0.1, 0.15) is 11.2 Å². The van der Waals surface area contributed by atoms with Crippen molar-refractivity contribution in [2.24, 2.45) is 0 Å². The number of aromatic nitrogens is 3. The fraction of sp³-hybridized carbons (Fsp3) is 0. The molecule has 0 N–H and O–H groups in total. The van der Waals surface area contributed by atoms with Crippen LogP contribution in [0.15, 0.2) is 180 Å². The first kappa shape index (κ1) is 29.5. The lowest BCUT2D eigenvalue weighted by molar-refractivity contribution is 0.669. The Balaban J connectivity index is 1.07. The molecule has 0 amide bonds. The normalized spacial score (nSPS) is 11.8. The average Bonchev–Trinajstić information content (AvgIpc) is 3.77. The number of benzene rings is 8. The molecule has 0 spiro atoms. The number of hydrogen-bond donors (Lipinski definition) is 0. The Labute approximate surface area is 305 Å². The van der Waals surface area contributed by atoms with Crippen LogP contribution >= 0.6 is 0 Å². The molecule has 0 saturated carbocycles. The summed E-state index contributed by atoms with van der Waals surface area (Å²) in [6.07, 6.45) is 0. The quantitative estimate of drug-likeness (QED) is 0.182. The van der Waals surface area contributed by atoms with Gasteiger partial charge < -0.3 is 4.42 Å². The van der Waals surface area contributed by atoms with Gasteiger partial charge in [0.15, 0.2) is 17.5 Å². The lowest BCUT2D eigenvalue weighted by Gasteiger charge is -2.12. The van der Waals surface area contributed by atoms with E-state index in [4.69, 9.17) is 19.4 Å². The van der Waals surface area contributed by atoms with Crippen molar-refractivity contribution in [1.29, 1.82) is 0 Å². The third kappa shape index (κ3) is 4.73. The lowest BCUT2D eigenvalue weighted by Crippen LogP contribution is -2.00. The van der Waals surface area contributed by atoms with Crippen LogP contribution in [0.4, 0.5) is 0 Å². The number of fused-ring (bicyclic) bond motifs is 6. The Morgan fingerprint density at radius 2 is 0.849 bits per heavy atom. The minimum Gasteiger partial charge on any atom is -0.456 e. The number of rotatable bonds is 5. The monoisotopic (exact) mass is 675 g/mol. The first-order valence-corrected chi connectivity index (χ1v) is 17.9. The van der Waals surface area contributed by atoms with Crippen molar-refractivity contribution >= 4 is 32.7 Å². The second-order valence-corrected chi connectivity index (χ2v) is 13.5. The van der Waals surface area contributed by atoms with Gasteiger partial charge in [-0.15, -0.1) is 0 Å². The first-order chi connectivity index (χ1) is 26.3. The van der Waals surface area contributed by atoms with Gasteiger partial charge in [0.2, 0.25) is 0 Å². The van der Waals surface area contributed by atoms with E-state index in [9.17, 15) is 0 Å². The van der Waals surface area contributed by atoms with Gasteiger partial charge in [-0.05, 0) is 85.6 Å². The summed E-state index contributed by atoms with van der Waals surface area (Å²) >= 11 is 0. The van der Waals surface area contributed by atoms with E-state index in [0.29, 0.717) is 17.5 Å². The van der Waals surface area contributed by atoms with Crippen molar-refractivity contribution in [3.05, 3.63) is 176 Å².